The molecule has 0 aliphatic heterocycles. The van der Waals surface area contributed by atoms with Crippen LogP contribution in [0.5, 0.6) is 0 Å². The van der Waals surface area contributed by atoms with Gasteiger partial charge in [-0.1, -0.05) is 12.1 Å². The Morgan fingerprint density at radius 3 is 2.38 bits per heavy atom. The average Bonchev–Trinajstić information content (AvgIpc) is 3.38. The number of nitrogens with one attached hydrogen (secondary N) is 2. The summed E-state index contributed by atoms with van der Waals surface area (Å²) >= 11 is 0. The van der Waals surface area contributed by atoms with Crippen molar-refractivity contribution in [3.8, 4) is 0 Å². The molecule has 1 aromatic carbocycles. The van der Waals surface area contributed by atoms with Gasteiger partial charge in [-0.2, -0.15) is 13.2 Å². The predicted molar refractivity (Wildman–Crippen MR) is 89.9 cm³/mol. The highest BCUT2D eigenvalue weighted by Gasteiger charge is 2.30. The number of halogens is 3. The molecule has 1 aromatic rings. The van der Waals surface area contributed by atoms with E-state index < -0.39 is 11.7 Å². The van der Waals surface area contributed by atoms with Gasteiger partial charge in [0, 0.05) is 32.2 Å². The highest BCUT2D eigenvalue weighted by molar-refractivity contribution is 5.79. The normalized spacial score (nSPS) is 17.0. The Morgan fingerprint density at radius 2 is 1.88 bits per heavy atom. The van der Waals surface area contributed by atoms with Crippen LogP contribution in [0.4, 0.5) is 13.2 Å². The van der Waals surface area contributed by atoms with Gasteiger partial charge >= 0.3 is 6.18 Å². The fraction of sp³-hybridized carbons (Fsp3) is 0.588. The van der Waals surface area contributed by atoms with Crippen molar-refractivity contribution in [3.63, 3.8) is 0 Å². The second-order valence-corrected chi connectivity index (χ2v) is 6.25. The minimum absolute atomic E-state index is 0.391. The van der Waals surface area contributed by atoms with Crippen molar-refractivity contribution in [2.75, 3.05) is 20.6 Å². The first-order valence-corrected chi connectivity index (χ1v) is 8.14. The van der Waals surface area contributed by atoms with E-state index >= 15 is 0 Å². The summed E-state index contributed by atoms with van der Waals surface area (Å²) in [5, 5.41) is 6.38. The summed E-state index contributed by atoms with van der Waals surface area (Å²) in [4.78, 5) is 6.50. The summed E-state index contributed by atoms with van der Waals surface area (Å²) in [6.45, 7) is 3.35. The lowest BCUT2D eigenvalue weighted by molar-refractivity contribution is -0.137. The van der Waals surface area contributed by atoms with Crippen molar-refractivity contribution >= 4 is 5.96 Å². The molecule has 1 unspecified atom stereocenters. The first-order chi connectivity index (χ1) is 11.3. The molecule has 0 radical (unpaired) electrons. The molecule has 24 heavy (non-hydrogen) atoms. The first-order valence-electron chi connectivity index (χ1n) is 8.14. The van der Waals surface area contributed by atoms with Gasteiger partial charge in [0.05, 0.1) is 5.56 Å². The maximum absolute atomic E-state index is 12.5. The monoisotopic (exact) mass is 342 g/mol. The molecule has 4 nitrogen and oxygen atoms in total. The molecule has 0 spiro atoms. The van der Waals surface area contributed by atoms with E-state index in [1.165, 1.54) is 25.0 Å². The van der Waals surface area contributed by atoms with E-state index in [1.54, 1.807) is 7.05 Å². The molecule has 1 saturated carbocycles. The smallest absolute Gasteiger partial charge is 0.355 e. The molecule has 134 valence electrons. The van der Waals surface area contributed by atoms with Gasteiger partial charge < -0.3 is 10.6 Å². The fourth-order valence-electron chi connectivity index (χ4n) is 2.45. The largest absolute Gasteiger partial charge is 0.416 e. The molecule has 0 heterocycles. The van der Waals surface area contributed by atoms with Crippen LogP contribution in [0.15, 0.2) is 29.3 Å². The van der Waals surface area contributed by atoms with Crippen molar-refractivity contribution in [3.05, 3.63) is 35.4 Å². The molecule has 0 amide bonds. The number of aliphatic imine (C=N–C) groups is 1. The zero-order valence-corrected chi connectivity index (χ0v) is 14.3. The molecule has 1 fully saturated rings. The molecule has 7 heteroatoms. The van der Waals surface area contributed by atoms with E-state index in [0.717, 1.165) is 24.2 Å². The second kappa shape index (κ2) is 7.88. The number of benzene rings is 1. The van der Waals surface area contributed by atoms with Gasteiger partial charge in [-0.15, -0.1) is 0 Å². The summed E-state index contributed by atoms with van der Waals surface area (Å²) in [5.74, 6) is 0.644. The van der Waals surface area contributed by atoms with E-state index in [-0.39, 0.29) is 0 Å². The first kappa shape index (κ1) is 18.6. The van der Waals surface area contributed by atoms with Gasteiger partial charge in [0.25, 0.3) is 0 Å². The second-order valence-electron chi connectivity index (χ2n) is 6.25. The summed E-state index contributed by atoms with van der Waals surface area (Å²) in [6, 6.07) is 6.24. The standard InChI is InChI=1S/C17H25F3N4/c1-12(24(3)15-8-9-15)10-22-16(21-2)23-11-13-4-6-14(7-5-13)17(18,19)20/h4-7,12,15H,8-11H2,1-3H3,(H2,21,22,23). The van der Waals surface area contributed by atoms with Crippen molar-refractivity contribution in [1.29, 1.82) is 0 Å². The average molecular weight is 342 g/mol. The Bertz CT molecular complexity index is 550. The van der Waals surface area contributed by atoms with Crippen LogP contribution >= 0.6 is 0 Å². The minimum atomic E-state index is -4.30. The van der Waals surface area contributed by atoms with Crippen LogP contribution in [-0.4, -0.2) is 43.6 Å². The third-order valence-corrected chi connectivity index (χ3v) is 4.35. The molecule has 2 rings (SSSR count). The Balaban J connectivity index is 1.78. The van der Waals surface area contributed by atoms with E-state index in [4.69, 9.17) is 0 Å². The lowest BCUT2D eigenvalue weighted by atomic mass is 10.1. The maximum atomic E-state index is 12.5. The molecule has 1 atom stereocenters. The predicted octanol–water partition coefficient (Wildman–Crippen LogP) is 2.85. The highest BCUT2D eigenvalue weighted by atomic mass is 19.4. The highest BCUT2D eigenvalue weighted by Crippen LogP contribution is 2.29. The van der Waals surface area contributed by atoms with E-state index in [0.29, 0.717) is 24.6 Å². The molecule has 1 aliphatic rings. The van der Waals surface area contributed by atoms with Crippen LogP contribution in [0.25, 0.3) is 0 Å². The SMILES string of the molecule is CN=C(NCc1ccc(C(F)(F)F)cc1)NCC(C)N(C)C1CC1. The molecule has 0 bridgehead atoms. The molecule has 0 aromatic heterocycles. The fourth-order valence-corrected chi connectivity index (χ4v) is 2.45. The Kier molecular flexibility index (Phi) is 6.10. The Labute approximate surface area is 141 Å². The van der Waals surface area contributed by atoms with E-state index in [9.17, 15) is 13.2 Å². The number of rotatable bonds is 6. The summed E-state index contributed by atoms with van der Waals surface area (Å²) in [7, 11) is 3.81. The van der Waals surface area contributed by atoms with Gasteiger partial charge in [-0.05, 0) is 44.5 Å². The molecule has 0 saturated heterocycles. The van der Waals surface area contributed by atoms with Gasteiger partial charge in [-0.25, -0.2) is 0 Å². The van der Waals surface area contributed by atoms with E-state index in [1.807, 2.05) is 0 Å². The van der Waals surface area contributed by atoms with Gasteiger partial charge in [-0.3, -0.25) is 9.89 Å². The van der Waals surface area contributed by atoms with Gasteiger partial charge in [0.1, 0.15) is 0 Å². The van der Waals surface area contributed by atoms with Crippen LogP contribution in [0.1, 0.15) is 30.9 Å². The van der Waals surface area contributed by atoms with Crippen LogP contribution < -0.4 is 10.6 Å². The maximum Gasteiger partial charge on any atom is 0.416 e. The van der Waals surface area contributed by atoms with E-state index in [2.05, 4.69) is 34.5 Å². The zero-order valence-electron chi connectivity index (χ0n) is 14.3. The lowest BCUT2D eigenvalue weighted by Gasteiger charge is -2.25. The van der Waals surface area contributed by atoms with Crippen LogP contribution in [0, 0.1) is 0 Å². The number of likely N-dealkylation sites (N-methyl/N-ethyl adjacent to an activating group) is 1. The van der Waals surface area contributed by atoms with Gasteiger partial charge in [0.2, 0.25) is 0 Å². The van der Waals surface area contributed by atoms with Crippen molar-refractivity contribution < 1.29 is 13.2 Å². The third kappa shape index (κ3) is 5.40. The van der Waals surface area contributed by atoms with Crippen LogP contribution in [0.3, 0.4) is 0 Å². The number of nitrogens with zero attached hydrogens (tertiary/aromatic N) is 2. The van der Waals surface area contributed by atoms with Crippen LogP contribution in [-0.2, 0) is 12.7 Å². The van der Waals surface area contributed by atoms with Crippen molar-refractivity contribution in [2.24, 2.45) is 4.99 Å². The van der Waals surface area contributed by atoms with Crippen molar-refractivity contribution in [1.82, 2.24) is 15.5 Å². The number of alkyl halides is 3. The molecule has 2 N–H and O–H groups in total. The lowest BCUT2D eigenvalue weighted by Crippen LogP contribution is -2.45. The molecular formula is C17H25F3N4. The molecular weight excluding hydrogens is 317 g/mol. The third-order valence-electron chi connectivity index (χ3n) is 4.35. The minimum Gasteiger partial charge on any atom is -0.355 e. The zero-order chi connectivity index (χ0) is 17.7. The summed E-state index contributed by atoms with van der Waals surface area (Å²) < 4.78 is 37.6. The summed E-state index contributed by atoms with van der Waals surface area (Å²) in [6.07, 6.45) is -1.77. The van der Waals surface area contributed by atoms with Gasteiger partial charge in [0.15, 0.2) is 5.96 Å². The molecule has 1 aliphatic carbocycles. The quantitative estimate of drug-likeness (QED) is 0.617. The summed E-state index contributed by atoms with van der Waals surface area (Å²) in [5.41, 5.74) is 0.139. The number of hydrogen-bond acceptors (Lipinski definition) is 2. The number of hydrogen-bond donors (Lipinski definition) is 2. The topological polar surface area (TPSA) is 39.7 Å². The van der Waals surface area contributed by atoms with Crippen LogP contribution in [0.2, 0.25) is 0 Å². The Hall–Kier alpha value is -1.76. The number of guanidine groups is 1. The van der Waals surface area contributed by atoms with Crippen molar-refractivity contribution in [2.45, 2.75) is 44.6 Å². The Morgan fingerprint density at radius 1 is 1.25 bits per heavy atom.